The standard InChI is InChI=1S/C50H99N2O6P/c1-6-8-10-12-14-15-16-17-18-19-20-21-22-23-24-25-26-27-28-29-30-31-32-33-34-35-36-38-40-42-44-50(54)51-48(49(53)43-41-39-37-13-11-9-7-2)47-58-59(55,56)57-46-45-52(3,4)5/h11,13,41,43,48-49,53H,6-10,12,14-40,42,44-47H2,1-5H3,(H-,51,54,55,56)/b13-11+,43-41+. The Hall–Kier alpha value is -1.02. The maximum absolute atomic E-state index is 12.8. The highest BCUT2D eigenvalue weighted by molar-refractivity contribution is 7.45. The number of carbonyl (C=O) groups excluding carboxylic acids is 1. The van der Waals surface area contributed by atoms with Crippen LogP contribution >= 0.6 is 7.82 Å². The summed E-state index contributed by atoms with van der Waals surface area (Å²) < 4.78 is 23.1. The van der Waals surface area contributed by atoms with Crippen LogP contribution in [0.15, 0.2) is 24.3 Å². The van der Waals surface area contributed by atoms with E-state index in [4.69, 9.17) is 9.05 Å². The summed E-state index contributed by atoms with van der Waals surface area (Å²) in [6.45, 7) is 4.53. The van der Waals surface area contributed by atoms with Crippen LogP contribution in [0.4, 0.5) is 0 Å². The number of aliphatic hydroxyl groups is 1. The van der Waals surface area contributed by atoms with Crippen LogP contribution in [0.25, 0.3) is 0 Å². The quantitative estimate of drug-likeness (QED) is 0.0273. The summed E-state index contributed by atoms with van der Waals surface area (Å²) in [5, 5.41) is 13.6. The average Bonchev–Trinajstić information content (AvgIpc) is 3.19. The molecule has 3 unspecified atom stereocenters. The molecule has 0 spiro atoms. The van der Waals surface area contributed by atoms with Crippen molar-refractivity contribution in [3.8, 4) is 0 Å². The number of hydrogen-bond donors (Lipinski definition) is 2. The van der Waals surface area contributed by atoms with Crippen LogP contribution in [-0.4, -0.2) is 68.5 Å². The van der Waals surface area contributed by atoms with Crippen LogP contribution in [0.3, 0.4) is 0 Å². The molecule has 0 aliphatic rings. The van der Waals surface area contributed by atoms with Gasteiger partial charge in [0.1, 0.15) is 13.2 Å². The molecule has 3 atom stereocenters. The maximum Gasteiger partial charge on any atom is 0.268 e. The van der Waals surface area contributed by atoms with E-state index in [2.05, 4.69) is 31.3 Å². The van der Waals surface area contributed by atoms with Gasteiger partial charge in [0.15, 0.2) is 0 Å². The summed E-state index contributed by atoms with van der Waals surface area (Å²) in [5.74, 6) is -0.208. The van der Waals surface area contributed by atoms with Gasteiger partial charge in [-0.2, -0.15) is 0 Å². The summed E-state index contributed by atoms with van der Waals surface area (Å²) in [4.78, 5) is 25.2. The Morgan fingerprint density at radius 1 is 0.576 bits per heavy atom. The van der Waals surface area contributed by atoms with Gasteiger partial charge >= 0.3 is 0 Å². The summed E-state index contributed by atoms with van der Waals surface area (Å²) in [6.07, 6.45) is 51.6. The molecule has 1 amide bonds. The first-order valence-electron chi connectivity index (χ1n) is 25.2. The van der Waals surface area contributed by atoms with Crippen LogP contribution in [0.5, 0.6) is 0 Å². The van der Waals surface area contributed by atoms with E-state index in [1.54, 1.807) is 6.08 Å². The zero-order valence-electron chi connectivity index (χ0n) is 39.7. The molecule has 8 nitrogen and oxygen atoms in total. The number of rotatable bonds is 46. The second-order valence-corrected chi connectivity index (χ2v) is 19.9. The van der Waals surface area contributed by atoms with Crippen LogP contribution in [0.2, 0.25) is 0 Å². The fourth-order valence-electron chi connectivity index (χ4n) is 7.41. The van der Waals surface area contributed by atoms with Crippen molar-refractivity contribution in [3.63, 3.8) is 0 Å². The molecule has 2 N–H and O–H groups in total. The number of nitrogens with one attached hydrogen (secondary N) is 1. The molecule has 59 heavy (non-hydrogen) atoms. The van der Waals surface area contributed by atoms with Gasteiger partial charge in [-0.15, -0.1) is 0 Å². The molecule has 0 aliphatic carbocycles. The largest absolute Gasteiger partial charge is 0.756 e. The van der Waals surface area contributed by atoms with Crippen molar-refractivity contribution >= 4 is 13.7 Å². The minimum atomic E-state index is -4.58. The molecule has 0 rings (SSSR count). The van der Waals surface area contributed by atoms with Crippen LogP contribution in [-0.2, 0) is 18.4 Å². The highest BCUT2D eigenvalue weighted by Gasteiger charge is 2.23. The SMILES string of the molecule is CCC/C=C/CC/C=C/C(O)C(COP(=O)([O-])OCC[N+](C)(C)C)NC(=O)CCCCCCCCCCCCCCCCCCCCCCCCCCCCCCCC. The molecular weight excluding hydrogens is 756 g/mol. The molecule has 0 aliphatic heterocycles. The number of likely N-dealkylation sites (N-methyl/N-ethyl adjacent to an activating group) is 1. The lowest BCUT2D eigenvalue weighted by atomic mass is 10.0. The number of unbranched alkanes of at least 4 members (excludes halogenated alkanes) is 31. The second kappa shape index (κ2) is 42.3. The van der Waals surface area contributed by atoms with Crippen molar-refractivity contribution in [2.24, 2.45) is 0 Å². The van der Waals surface area contributed by atoms with E-state index in [0.717, 1.165) is 44.9 Å². The Morgan fingerprint density at radius 3 is 1.34 bits per heavy atom. The molecule has 0 saturated carbocycles. The summed E-state index contributed by atoms with van der Waals surface area (Å²) in [6, 6.07) is -0.896. The van der Waals surface area contributed by atoms with E-state index < -0.39 is 26.6 Å². The zero-order chi connectivity index (χ0) is 43.6. The highest BCUT2D eigenvalue weighted by atomic mass is 31.2. The molecule has 9 heteroatoms. The molecular formula is C50H99N2O6P. The van der Waals surface area contributed by atoms with E-state index in [-0.39, 0.29) is 12.5 Å². The lowest BCUT2D eigenvalue weighted by Gasteiger charge is -2.29. The first-order valence-corrected chi connectivity index (χ1v) is 26.7. The van der Waals surface area contributed by atoms with Crippen molar-refractivity contribution in [2.45, 2.75) is 251 Å². The lowest BCUT2D eigenvalue weighted by molar-refractivity contribution is -0.870. The van der Waals surface area contributed by atoms with Crippen LogP contribution < -0.4 is 10.2 Å². The first kappa shape index (κ1) is 58.0. The number of amides is 1. The minimum Gasteiger partial charge on any atom is -0.756 e. The first-order chi connectivity index (χ1) is 28.5. The predicted molar refractivity (Wildman–Crippen MR) is 252 cm³/mol. The predicted octanol–water partition coefficient (Wildman–Crippen LogP) is 13.8. The summed E-state index contributed by atoms with van der Waals surface area (Å²) in [7, 11) is 1.25. The van der Waals surface area contributed by atoms with Crippen molar-refractivity contribution in [2.75, 3.05) is 40.9 Å². The van der Waals surface area contributed by atoms with Gasteiger partial charge in [-0.25, -0.2) is 0 Å². The number of phosphoric ester groups is 1. The second-order valence-electron chi connectivity index (χ2n) is 18.5. The molecule has 0 aromatic carbocycles. The van der Waals surface area contributed by atoms with Gasteiger partial charge in [-0.3, -0.25) is 9.36 Å². The number of allylic oxidation sites excluding steroid dienone is 3. The molecule has 0 heterocycles. The van der Waals surface area contributed by atoms with E-state index in [9.17, 15) is 19.4 Å². The Kier molecular flexibility index (Phi) is 41.6. The fraction of sp³-hybridized carbons (Fsp3) is 0.900. The van der Waals surface area contributed by atoms with Crippen molar-refractivity contribution in [1.29, 1.82) is 0 Å². The normalized spacial score (nSPS) is 14.4. The number of nitrogens with zero attached hydrogens (tertiary/aromatic N) is 1. The topological polar surface area (TPSA) is 108 Å². The lowest BCUT2D eigenvalue weighted by Crippen LogP contribution is -2.45. The van der Waals surface area contributed by atoms with Crippen molar-refractivity contribution in [1.82, 2.24) is 5.32 Å². The number of quaternary nitrogens is 1. The van der Waals surface area contributed by atoms with Gasteiger partial charge in [0.05, 0.1) is 39.9 Å². The van der Waals surface area contributed by atoms with E-state index in [1.165, 1.54) is 173 Å². The van der Waals surface area contributed by atoms with Gasteiger partial charge in [-0.1, -0.05) is 231 Å². The molecule has 0 radical (unpaired) electrons. The van der Waals surface area contributed by atoms with Gasteiger partial charge in [0.2, 0.25) is 5.91 Å². The summed E-state index contributed by atoms with van der Waals surface area (Å²) in [5.41, 5.74) is 0. The van der Waals surface area contributed by atoms with Gasteiger partial charge in [0.25, 0.3) is 7.82 Å². The average molecular weight is 855 g/mol. The van der Waals surface area contributed by atoms with Gasteiger partial charge in [0, 0.05) is 6.42 Å². The third-order valence-electron chi connectivity index (χ3n) is 11.4. The molecule has 0 aromatic rings. The molecule has 0 aromatic heterocycles. The van der Waals surface area contributed by atoms with Gasteiger partial charge < -0.3 is 28.8 Å². The van der Waals surface area contributed by atoms with Crippen LogP contribution in [0.1, 0.15) is 239 Å². The molecule has 0 bridgehead atoms. The highest BCUT2D eigenvalue weighted by Crippen LogP contribution is 2.38. The Bertz CT molecular complexity index is 1020. The number of hydrogen-bond acceptors (Lipinski definition) is 6. The fourth-order valence-corrected chi connectivity index (χ4v) is 8.14. The maximum atomic E-state index is 12.8. The Morgan fingerprint density at radius 2 is 0.949 bits per heavy atom. The Balaban J connectivity index is 3.89. The van der Waals surface area contributed by atoms with Crippen molar-refractivity contribution in [3.05, 3.63) is 24.3 Å². The zero-order valence-corrected chi connectivity index (χ0v) is 40.6. The number of carbonyl (C=O) groups is 1. The van der Waals surface area contributed by atoms with Gasteiger partial charge in [-0.05, 0) is 25.7 Å². The van der Waals surface area contributed by atoms with Crippen LogP contribution in [0, 0.1) is 0 Å². The van der Waals surface area contributed by atoms with E-state index >= 15 is 0 Å². The molecule has 0 saturated heterocycles. The summed E-state index contributed by atoms with van der Waals surface area (Å²) >= 11 is 0. The Labute approximate surface area is 366 Å². The third kappa shape index (κ3) is 44.8. The minimum absolute atomic E-state index is 0.00497. The molecule has 350 valence electrons. The monoisotopic (exact) mass is 855 g/mol. The number of phosphoric acid groups is 1. The smallest absolute Gasteiger partial charge is 0.268 e. The van der Waals surface area contributed by atoms with Crippen molar-refractivity contribution < 1.29 is 32.9 Å². The third-order valence-corrected chi connectivity index (χ3v) is 12.4. The molecule has 0 fully saturated rings. The van der Waals surface area contributed by atoms with E-state index in [1.807, 2.05) is 27.2 Å². The number of aliphatic hydroxyl groups excluding tert-OH is 1. The van der Waals surface area contributed by atoms with E-state index in [0.29, 0.717) is 17.4 Å².